The van der Waals surface area contributed by atoms with Gasteiger partial charge in [-0.3, -0.25) is 0 Å². The lowest BCUT2D eigenvalue weighted by Gasteiger charge is -2.27. The molecule has 2 unspecified atom stereocenters. The number of para-hydroxylation sites is 1. The second kappa shape index (κ2) is 8.15. The fraction of sp³-hybridized carbons (Fsp3) is 0.600. The first-order valence-corrected chi connectivity index (χ1v) is 6.65. The molecule has 0 heterocycles. The molecule has 19 heavy (non-hydrogen) atoms. The molecule has 4 nitrogen and oxygen atoms in total. The summed E-state index contributed by atoms with van der Waals surface area (Å²) in [6, 6.07) is 8.60. The van der Waals surface area contributed by atoms with Crippen LogP contribution in [0.15, 0.2) is 24.3 Å². The van der Waals surface area contributed by atoms with Crippen LogP contribution in [0.4, 0.5) is 0 Å². The van der Waals surface area contributed by atoms with Crippen LogP contribution in [0.2, 0.25) is 0 Å². The lowest BCUT2D eigenvalue weighted by atomic mass is 10.0. The molecule has 0 saturated carbocycles. The number of ether oxygens (including phenoxy) is 2. The fourth-order valence-corrected chi connectivity index (χ4v) is 2.16. The lowest BCUT2D eigenvalue weighted by molar-refractivity contribution is 0.150. The van der Waals surface area contributed by atoms with Crippen molar-refractivity contribution in [3.05, 3.63) is 29.8 Å². The van der Waals surface area contributed by atoms with Crippen LogP contribution in [0.5, 0.6) is 5.75 Å². The summed E-state index contributed by atoms with van der Waals surface area (Å²) in [7, 11) is 5.48. The molecule has 108 valence electrons. The normalized spacial score (nSPS) is 14.4. The maximum Gasteiger partial charge on any atom is 0.122 e. The topological polar surface area (TPSA) is 47.7 Å². The van der Waals surface area contributed by atoms with Gasteiger partial charge in [-0.1, -0.05) is 18.2 Å². The van der Waals surface area contributed by atoms with E-state index in [4.69, 9.17) is 15.2 Å². The Balaban J connectivity index is 2.55. The minimum Gasteiger partial charge on any atom is -0.496 e. The summed E-state index contributed by atoms with van der Waals surface area (Å²) in [5.74, 6) is 0.948. The highest BCUT2D eigenvalue weighted by Gasteiger charge is 2.15. The van der Waals surface area contributed by atoms with Crippen LogP contribution in [-0.2, 0) is 11.2 Å². The summed E-state index contributed by atoms with van der Waals surface area (Å²) in [6.45, 7) is 3.61. The average molecular weight is 266 g/mol. The second-order valence-corrected chi connectivity index (χ2v) is 5.02. The Morgan fingerprint density at radius 3 is 2.58 bits per heavy atom. The first-order chi connectivity index (χ1) is 9.08. The largest absolute Gasteiger partial charge is 0.496 e. The molecule has 0 bridgehead atoms. The van der Waals surface area contributed by atoms with E-state index >= 15 is 0 Å². The molecule has 0 saturated heterocycles. The highest BCUT2D eigenvalue weighted by atomic mass is 16.5. The summed E-state index contributed by atoms with van der Waals surface area (Å²) in [6.07, 6.45) is 0.945. The third-order valence-corrected chi connectivity index (χ3v) is 3.36. The monoisotopic (exact) mass is 266 g/mol. The Kier molecular flexibility index (Phi) is 6.84. The quantitative estimate of drug-likeness (QED) is 0.775. The van der Waals surface area contributed by atoms with Gasteiger partial charge in [0.15, 0.2) is 0 Å². The number of nitrogens with zero attached hydrogens (tertiary/aromatic N) is 1. The van der Waals surface area contributed by atoms with Crippen LogP contribution in [0.1, 0.15) is 12.5 Å². The van der Waals surface area contributed by atoms with Gasteiger partial charge in [-0.15, -0.1) is 0 Å². The van der Waals surface area contributed by atoms with E-state index in [0.29, 0.717) is 12.6 Å². The summed E-state index contributed by atoms with van der Waals surface area (Å²) < 4.78 is 10.4. The minimum absolute atomic E-state index is 0.0510. The molecule has 4 heteroatoms. The number of nitrogens with two attached hydrogens (primary N) is 1. The van der Waals surface area contributed by atoms with Crippen molar-refractivity contribution in [3.8, 4) is 5.75 Å². The molecule has 2 atom stereocenters. The average Bonchev–Trinajstić information content (AvgIpc) is 2.39. The highest BCUT2D eigenvalue weighted by molar-refractivity contribution is 5.33. The smallest absolute Gasteiger partial charge is 0.122 e. The zero-order chi connectivity index (χ0) is 14.3. The van der Waals surface area contributed by atoms with Gasteiger partial charge in [0, 0.05) is 25.7 Å². The van der Waals surface area contributed by atoms with Crippen molar-refractivity contribution in [1.82, 2.24) is 4.90 Å². The van der Waals surface area contributed by atoms with Crippen LogP contribution in [0.3, 0.4) is 0 Å². The molecule has 1 rings (SSSR count). The van der Waals surface area contributed by atoms with Gasteiger partial charge in [0.05, 0.1) is 13.7 Å². The van der Waals surface area contributed by atoms with Gasteiger partial charge in [0.25, 0.3) is 0 Å². The van der Waals surface area contributed by atoms with Crippen LogP contribution < -0.4 is 10.5 Å². The first-order valence-electron chi connectivity index (χ1n) is 6.65. The zero-order valence-corrected chi connectivity index (χ0v) is 12.4. The second-order valence-electron chi connectivity index (χ2n) is 5.02. The van der Waals surface area contributed by atoms with Crippen LogP contribution in [0.25, 0.3) is 0 Å². The molecule has 0 aliphatic carbocycles. The molecule has 1 aromatic carbocycles. The van der Waals surface area contributed by atoms with Gasteiger partial charge in [0.1, 0.15) is 5.75 Å². The van der Waals surface area contributed by atoms with Crippen molar-refractivity contribution < 1.29 is 9.47 Å². The van der Waals surface area contributed by atoms with Crippen molar-refractivity contribution in [2.45, 2.75) is 25.4 Å². The van der Waals surface area contributed by atoms with Gasteiger partial charge >= 0.3 is 0 Å². The molecule has 0 aliphatic heterocycles. The van der Waals surface area contributed by atoms with Crippen LogP contribution in [-0.4, -0.2) is 51.4 Å². The standard InChI is InChI=1S/C15H26N2O2/c1-12(17(2)10-14(16)11-18-3)9-13-7-5-6-8-15(13)19-4/h5-8,12,14H,9-11,16H2,1-4H3. The highest BCUT2D eigenvalue weighted by Crippen LogP contribution is 2.20. The molecular weight excluding hydrogens is 240 g/mol. The molecular formula is C15H26N2O2. The van der Waals surface area contributed by atoms with Gasteiger partial charge in [0.2, 0.25) is 0 Å². The summed E-state index contributed by atoms with van der Waals surface area (Å²) in [4.78, 5) is 2.26. The number of methoxy groups -OCH3 is 2. The van der Waals surface area contributed by atoms with Gasteiger partial charge in [-0.2, -0.15) is 0 Å². The fourth-order valence-electron chi connectivity index (χ4n) is 2.16. The molecule has 0 aliphatic rings. The Morgan fingerprint density at radius 2 is 1.95 bits per heavy atom. The van der Waals surface area contributed by atoms with E-state index in [1.165, 1.54) is 5.56 Å². The third kappa shape index (κ3) is 5.19. The van der Waals surface area contributed by atoms with Gasteiger partial charge in [-0.05, 0) is 32.0 Å². The number of benzene rings is 1. The lowest BCUT2D eigenvalue weighted by Crippen LogP contribution is -2.42. The number of likely N-dealkylation sites (N-methyl/N-ethyl adjacent to an activating group) is 1. The van der Waals surface area contributed by atoms with E-state index in [9.17, 15) is 0 Å². The van der Waals surface area contributed by atoms with E-state index in [0.717, 1.165) is 18.7 Å². The van der Waals surface area contributed by atoms with E-state index in [2.05, 4.69) is 24.9 Å². The van der Waals surface area contributed by atoms with Crippen molar-refractivity contribution in [3.63, 3.8) is 0 Å². The maximum atomic E-state index is 5.98. The molecule has 0 amide bonds. The van der Waals surface area contributed by atoms with Crippen molar-refractivity contribution in [1.29, 1.82) is 0 Å². The summed E-state index contributed by atoms with van der Waals surface area (Å²) in [5.41, 5.74) is 7.21. The van der Waals surface area contributed by atoms with E-state index in [1.54, 1.807) is 14.2 Å². The minimum atomic E-state index is 0.0510. The SMILES string of the molecule is COCC(N)CN(C)C(C)Cc1ccccc1OC. The molecule has 0 spiro atoms. The molecule has 2 N–H and O–H groups in total. The predicted octanol–water partition coefficient (Wildman–Crippen LogP) is 1.53. The van der Waals surface area contributed by atoms with E-state index < -0.39 is 0 Å². The molecule has 0 radical (unpaired) electrons. The summed E-state index contributed by atoms with van der Waals surface area (Å²) >= 11 is 0. The number of hydrogen-bond acceptors (Lipinski definition) is 4. The Labute approximate surface area is 116 Å². The third-order valence-electron chi connectivity index (χ3n) is 3.36. The first kappa shape index (κ1) is 16.0. The van der Waals surface area contributed by atoms with Crippen molar-refractivity contribution in [2.24, 2.45) is 5.73 Å². The molecule has 0 fully saturated rings. The van der Waals surface area contributed by atoms with Crippen molar-refractivity contribution >= 4 is 0 Å². The van der Waals surface area contributed by atoms with Crippen LogP contribution in [0, 0.1) is 0 Å². The summed E-state index contributed by atoms with van der Waals surface area (Å²) in [5, 5.41) is 0. The Hall–Kier alpha value is -1.10. The zero-order valence-electron chi connectivity index (χ0n) is 12.4. The van der Waals surface area contributed by atoms with Gasteiger partial charge < -0.3 is 20.1 Å². The Bertz CT molecular complexity index is 371. The number of rotatable bonds is 8. The van der Waals surface area contributed by atoms with E-state index in [1.807, 2.05) is 18.2 Å². The van der Waals surface area contributed by atoms with Crippen molar-refractivity contribution in [2.75, 3.05) is 34.4 Å². The van der Waals surface area contributed by atoms with E-state index in [-0.39, 0.29) is 6.04 Å². The predicted molar refractivity (Wildman–Crippen MR) is 78.6 cm³/mol. The maximum absolute atomic E-state index is 5.98. The number of hydrogen-bond donors (Lipinski definition) is 1. The van der Waals surface area contributed by atoms with Crippen LogP contribution >= 0.6 is 0 Å². The molecule has 0 aromatic heterocycles. The molecule has 1 aromatic rings. The van der Waals surface area contributed by atoms with Gasteiger partial charge in [-0.25, -0.2) is 0 Å². The Morgan fingerprint density at radius 1 is 1.26 bits per heavy atom.